The molecule has 0 amide bonds. The second kappa shape index (κ2) is 9.71. The van der Waals surface area contributed by atoms with Crippen LogP contribution in [0.15, 0.2) is 54.6 Å². The zero-order valence-electron chi connectivity index (χ0n) is 14.4. The van der Waals surface area contributed by atoms with Crippen molar-refractivity contribution in [2.75, 3.05) is 19.7 Å². The summed E-state index contributed by atoms with van der Waals surface area (Å²) in [5, 5.41) is 3.53. The van der Waals surface area contributed by atoms with E-state index in [-0.39, 0.29) is 12.4 Å². The number of halogens is 1. The minimum Gasteiger partial charge on any atom is -0.493 e. The van der Waals surface area contributed by atoms with Crippen LogP contribution in [0.3, 0.4) is 0 Å². The van der Waals surface area contributed by atoms with Gasteiger partial charge >= 0.3 is 0 Å². The molecule has 24 heavy (non-hydrogen) atoms. The number of para-hydroxylation sites is 1. The maximum atomic E-state index is 6.24. The van der Waals surface area contributed by atoms with Crippen molar-refractivity contribution < 1.29 is 4.74 Å². The quantitative estimate of drug-likeness (QED) is 0.809. The summed E-state index contributed by atoms with van der Waals surface area (Å²) >= 11 is 0. The molecule has 0 radical (unpaired) electrons. The van der Waals surface area contributed by atoms with E-state index in [1.54, 1.807) is 0 Å². The lowest BCUT2D eigenvalue weighted by Gasteiger charge is -2.32. The molecule has 0 bridgehead atoms. The van der Waals surface area contributed by atoms with E-state index in [1.807, 2.05) is 0 Å². The van der Waals surface area contributed by atoms with E-state index >= 15 is 0 Å². The Bertz CT molecular complexity index is 602. The summed E-state index contributed by atoms with van der Waals surface area (Å²) in [6.07, 6.45) is 3.42. The highest BCUT2D eigenvalue weighted by Crippen LogP contribution is 2.31. The van der Waals surface area contributed by atoms with Crippen LogP contribution in [0.5, 0.6) is 5.75 Å². The van der Waals surface area contributed by atoms with Crippen LogP contribution < -0.4 is 10.1 Å². The molecular formula is C21H28ClNO. The third-order valence-corrected chi connectivity index (χ3v) is 4.78. The van der Waals surface area contributed by atoms with Crippen molar-refractivity contribution in [3.05, 3.63) is 65.7 Å². The summed E-state index contributed by atoms with van der Waals surface area (Å²) in [6.45, 7) is 5.14. The molecule has 0 aliphatic carbocycles. The Kier molecular flexibility index (Phi) is 7.61. The molecule has 1 saturated heterocycles. The Morgan fingerprint density at radius 3 is 2.58 bits per heavy atom. The van der Waals surface area contributed by atoms with Gasteiger partial charge in [-0.25, -0.2) is 0 Å². The number of aryl methyl sites for hydroxylation is 1. The van der Waals surface area contributed by atoms with Crippen LogP contribution in [0.25, 0.3) is 0 Å². The average Bonchev–Trinajstić information content (AvgIpc) is 2.62. The highest BCUT2D eigenvalue weighted by molar-refractivity contribution is 5.85. The van der Waals surface area contributed by atoms with Gasteiger partial charge in [0.05, 0.1) is 6.61 Å². The molecule has 3 rings (SSSR count). The van der Waals surface area contributed by atoms with Gasteiger partial charge in [-0.1, -0.05) is 61.9 Å². The largest absolute Gasteiger partial charge is 0.493 e. The first kappa shape index (κ1) is 18.8. The van der Waals surface area contributed by atoms with Crippen LogP contribution in [0.4, 0.5) is 0 Å². The van der Waals surface area contributed by atoms with Crippen molar-refractivity contribution in [1.29, 1.82) is 0 Å². The first-order valence-electron chi connectivity index (χ1n) is 8.85. The molecule has 1 aliphatic heterocycles. The number of hydrogen-bond donors (Lipinski definition) is 1. The summed E-state index contributed by atoms with van der Waals surface area (Å²) in [5.41, 5.74) is 2.78. The third-order valence-electron chi connectivity index (χ3n) is 4.78. The standard InChI is InChI=1S/C21H27NO.ClH/c1-2-8-18-11-6-7-12-21(18)23-16-19-15-22-14-13-20(19)17-9-4-3-5-10-17;/h3-7,9-12,19-20,22H,2,8,13-16H2,1H3;1H. The Morgan fingerprint density at radius 1 is 1.04 bits per heavy atom. The van der Waals surface area contributed by atoms with Gasteiger partial charge in [-0.15, -0.1) is 12.4 Å². The van der Waals surface area contributed by atoms with E-state index in [0.29, 0.717) is 11.8 Å². The summed E-state index contributed by atoms with van der Waals surface area (Å²) in [7, 11) is 0. The Hall–Kier alpha value is -1.51. The van der Waals surface area contributed by atoms with Gasteiger partial charge in [-0.2, -0.15) is 0 Å². The third kappa shape index (κ3) is 4.75. The topological polar surface area (TPSA) is 21.3 Å². The summed E-state index contributed by atoms with van der Waals surface area (Å²) in [6, 6.07) is 19.4. The molecule has 0 spiro atoms. The molecule has 2 aromatic carbocycles. The van der Waals surface area contributed by atoms with Crippen molar-refractivity contribution in [3.63, 3.8) is 0 Å². The lowest BCUT2D eigenvalue weighted by atomic mass is 9.81. The zero-order valence-corrected chi connectivity index (χ0v) is 15.2. The Balaban J connectivity index is 0.00000208. The molecule has 2 atom stereocenters. The molecule has 130 valence electrons. The molecule has 1 N–H and O–H groups in total. The molecule has 3 heteroatoms. The number of rotatable bonds is 6. The molecule has 2 nitrogen and oxygen atoms in total. The monoisotopic (exact) mass is 345 g/mol. The van der Waals surface area contributed by atoms with Gasteiger partial charge in [0.2, 0.25) is 0 Å². The van der Waals surface area contributed by atoms with Crippen molar-refractivity contribution in [2.24, 2.45) is 5.92 Å². The fourth-order valence-electron chi connectivity index (χ4n) is 3.55. The maximum absolute atomic E-state index is 6.24. The minimum atomic E-state index is 0. The van der Waals surface area contributed by atoms with Crippen molar-refractivity contribution >= 4 is 12.4 Å². The summed E-state index contributed by atoms with van der Waals surface area (Å²) < 4.78 is 6.24. The van der Waals surface area contributed by atoms with Crippen molar-refractivity contribution in [3.8, 4) is 5.75 Å². The van der Waals surface area contributed by atoms with Gasteiger partial charge in [-0.05, 0) is 42.5 Å². The summed E-state index contributed by atoms with van der Waals surface area (Å²) in [4.78, 5) is 0. The first-order chi connectivity index (χ1) is 11.4. The SMILES string of the molecule is CCCc1ccccc1OCC1CNCCC1c1ccccc1.Cl. The van der Waals surface area contributed by atoms with Gasteiger partial charge < -0.3 is 10.1 Å². The van der Waals surface area contributed by atoms with Crippen LogP contribution in [-0.4, -0.2) is 19.7 Å². The normalized spacial score (nSPS) is 20.2. The van der Waals surface area contributed by atoms with E-state index in [1.165, 1.54) is 17.5 Å². The van der Waals surface area contributed by atoms with Crippen LogP contribution in [0, 0.1) is 5.92 Å². The second-order valence-corrected chi connectivity index (χ2v) is 6.44. The number of ether oxygens (including phenoxy) is 1. The molecule has 0 aromatic heterocycles. The molecule has 2 aromatic rings. The number of hydrogen-bond acceptors (Lipinski definition) is 2. The summed E-state index contributed by atoms with van der Waals surface area (Å²) in [5.74, 6) is 2.18. The van der Waals surface area contributed by atoms with E-state index < -0.39 is 0 Å². The molecule has 1 fully saturated rings. The van der Waals surface area contributed by atoms with Gasteiger partial charge in [0.1, 0.15) is 5.75 Å². The van der Waals surface area contributed by atoms with Gasteiger partial charge in [0.25, 0.3) is 0 Å². The van der Waals surface area contributed by atoms with E-state index in [9.17, 15) is 0 Å². The number of piperidine rings is 1. The lowest BCUT2D eigenvalue weighted by Crippen LogP contribution is -2.38. The maximum Gasteiger partial charge on any atom is 0.122 e. The smallest absolute Gasteiger partial charge is 0.122 e. The fraction of sp³-hybridized carbons (Fsp3) is 0.429. The number of nitrogens with one attached hydrogen (secondary N) is 1. The molecular weight excluding hydrogens is 318 g/mol. The Labute approximate surface area is 152 Å². The van der Waals surface area contributed by atoms with Crippen LogP contribution in [-0.2, 0) is 6.42 Å². The first-order valence-corrected chi connectivity index (χ1v) is 8.85. The van der Waals surface area contributed by atoms with Crippen LogP contribution in [0.2, 0.25) is 0 Å². The highest BCUT2D eigenvalue weighted by atomic mass is 35.5. The predicted molar refractivity (Wildman–Crippen MR) is 103 cm³/mol. The average molecular weight is 346 g/mol. The Morgan fingerprint density at radius 2 is 1.79 bits per heavy atom. The van der Waals surface area contributed by atoms with E-state index in [2.05, 4.69) is 66.8 Å². The van der Waals surface area contributed by atoms with E-state index in [4.69, 9.17) is 4.74 Å². The predicted octanol–water partition coefficient (Wildman–Crippen LogP) is 4.83. The molecule has 2 unspecified atom stereocenters. The van der Waals surface area contributed by atoms with Crippen LogP contribution in [0.1, 0.15) is 36.8 Å². The van der Waals surface area contributed by atoms with Gasteiger partial charge in [0.15, 0.2) is 0 Å². The second-order valence-electron chi connectivity index (χ2n) is 6.44. The zero-order chi connectivity index (χ0) is 15.9. The fourth-order valence-corrected chi connectivity index (χ4v) is 3.55. The minimum absolute atomic E-state index is 0. The van der Waals surface area contributed by atoms with Crippen LogP contribution >= 0.6 is 12.4 Å². The van der Waals surface area contributed by atoms with Gasteiger partial charge in [0, 0.05) is 12.5 Å². The van der Waals surface area contributed by atoms with E-state index in [0.717, 1.165) is 38.3 Å². The molecule has 1 heterocycles. The molecule has 1 aliphatic rings. The lowest BCUT2D eigenvalue weighted by molar-refractivity contribution is 0.195. The van der Waals surface area contributed by atoms with Crippen molar-refractivity contribution in [1.82, 2.24) is 5.32 Å². The van der Waals surface area contributed by atoms with Crippen molar-refractivity contribution in [2.45, 2.75) is 32.1 Å². The van der Waals surface area contributed by atoms with Gasteiger partial charge in [-0.3, -0.25) is 0 Å². The highest BCUT2D eigenvalue weighted by Gasteiger charge is 2.27. The molecule has 0 saturated carbocycles. The number of benzene rings is 2.